The maximum absolute atomic E-state index is 13.4. The van der Waals surface area contributed by atoms with Gasteiger partial charge in [0.05, 0.1) is 19.1 Å². The molecule has 0 aliphatic heterocycles. The Bertz CT molecular complexity index is 709. The molecule has 0 bridgehead atoms. The predicted molar refractivity (Wildman–Crippen MR) is 100 cm³/mol. The highest BCUT2D eigenvalue weighted by molar-refractivity contribution is 9.10. The zero-order valence-electron chi connectivity index (χ0n) is 14.3. The molecular formula is C19H22BrFN2O2. The molecule has 0 radical (unpaired) electrons. The number of hydrogen-bond donors (Lipinski definition) is 1. The Hall–Kier alpha value is -1.92. The summed E-state index contributed by atoms with van der Waals surface area (Å²) in [6.45, 7) is 0.709. The minimum absolute atomic E-state index is 0.0920. The van der Waals surface area contributed by atoms with E-state index in [0.717, 1.165) is 10.0 Å². The quantitative estimate of drug-likeness (QED) is 0.722. The van der Waals surface area contributed by atoms with E-state index in [2.05, 4.69) is 21.2 Å². The summed E-state index contributed by atoms with van der Waals surface area (Å²) in [5.41, 5.74) is 0.829. The van der Waals surface area contributed by atoms with Crippen molar-refractivity contribution >= 4 is 21.8 Å². The molecular weight excluding hydrogens is 387 g/mol. The molecule has 25 heavy (non-hydrogen) atoms. The van der Waals surface area contributed by atoms with Crippen molar-refractivity contribution in [3.63, 3.8) is 0 Å². The van der Waals surface area contributed by atoms with E-state index in [1.54, 1.807) is 6.07 Å². The first-order chi connectivity index (χ1) is 12.0. The van der Waals surface area contributed by atoms with Crippen LogP contribution in [0.4, 0.5) is 4.39 Å². The van der Waals surface area contributed by atoms with Crippen molar-refractivity contribution in [1.29, 1.82) is 0 Å². The molecule has 1 unspecified atom stereocenters. The number of ether oxygens (including phenoxy) is 1. The molecule has 4 nitrogen and oxygen atoms in total. The van der Waals surface area contributed by atoms with Gasteiger partial charge in [0.2, 0.25) is 5.91 Å². The van der Waals surface area contributed by atoms with Crippen LogP contribution in [0.1, 0.15) is 18.0 Å². The number of likely N-dealkylation sites (N-methyl/N-ethyl adjacent to an activating group) is 1. The molecule has 0 aliphatic carbocycles. The second-order valence-corrected chi connectivity index (χ2v) is 6.81. The van der Waals surface area contributed by atoms with Crippen LogP contribution in [0.25, 0.3) is 0 Å². The van der Waals surface area contributed by atoms with Gasteiger partial charge in [-0.15, -0.1) is 0 Å². The summed E-state index contributed by atoms with van der Waals surface area (Å²) in [5.74, 6) is 0.337. The van der Waals surface area contributed by atoms with Crippen molar-refractivity contribution in [2.45, 2.75) is 12.5 Å². The highest BCUT2D eigenvalue weighted by Gasteiger charge is 2.15. The normalized spacial score (nSPS) is 12.0. The van der Waals surface area contributed by atoms with Crippen LogP contribution in [-0.2, 0) is 4.79 Å². The van der Waals surface area contributed by atoms with E-state index in [4.69, 9.17) is 4.74 Å². The second kappa shape index (κ2) is 9.53. The van der Waals surface area contributed by atoms with Crippen LogP contribution in [0, 0.1) is 5.82 Å². The zero-order chi connectivity index (χ0) is 18.2. The van der Waals surface area contributed by atoms with Gasteiger partial charge in [-0.1, -0.05) is 34.1 Å². The van der Waals surface area contributed by atoms with Crippen molar-refractivity contribution in [1.82, 2.24) is 10.2 Å². The minimum atomic E-state index is -0.280. The van der Waals surface area contributed by atoms with Crippen LogP contribution >= 0.6 is 15.9 Å². The fourth-order valence-electron chi connectivity index (χ4n) is 2.43. The standard InChI is InChI=1S/C19H22BrFN2O2/c1-23(2)18(14-5-3-7-16(21)11-14)13-22-19(24)9-10-25-17-8-4-6-15(20)12-17/h3-8,11-12,18H,9-10,13H2,1-2H3,(H,22,24). The number of hydrogen-bond acceptors (Lipinski definition) is 3. The highest BCUT2D eigenvalue weighted by Crippen LogP contribution is 2.19. The number of nitrogens with zero attached hydrogens (tertiary/aromatic N) is 1. The molecule has 0 aromatic heterocycles. The molecule has 0 spiro atoms. The lowest BCUT2D eigenvalue weighted by atomic mass is 10.1. The molecule has 1 atom stereocenters. The van der Waals surface area contributed by atoms with Gasteiger partial charge in [0.15, 0.2) is 0 Å². The van der Waals surface area contributed by atoms with Gasteiger partial charge in [0.1, 0.15) is 11.6 Å². The summed E-state index contributed by atoms with van der Waals surface area (Å²) in [7, 11) is 3.80. The summed E-state index contributed by atoms with van der Waals surface area (Å²) in [5, 5.41) is 2.89. The van der Waals surface area contributed by atoms with Crippen molar-refractivity contribution < 1.29 is 13.9 Å². The minimum Gasteiger partial charge on any atom is -0.493 e. The first-order valence-electron chi connectivity index (χ1n) is 8.02. The number of carbonyl (C=O) groups is 1. The Morgan fingerprint density at radius 2 is 2.00 bits per heavy atom. The van der Waals surface area contributed by atoms with Gasteiger partial charge in [0.25, 0.3) is 0 Å². The van der Waals surface area contributed by atoms with Crippen LogP contribution in [0.3, 0.4) is 0 Å². The van der Waals surface area contributed by atoms with E-state index in [1.165, 1.54) is 12.1 Å². The highest BCUT2D eigenvalue weighted by atomic mass is 79.9. The molecule has 6 heteroatoms. The van der Waals surface area contributed by atoms with E-state index < -0.39 is 0 Å². The molecule has 0 fully saturated rings. The number of nitrogens with one attached hydrogen (secondary N) is 1. The van der Waals surface area contributed by atoms with Gasteiger partial charge in [-0.25, -0.2) is 4.39 Å². The van der Waals surface area contributed by atoms with E-state index in [-0.39, 0.29) is 24.2 Å². The maximum Gasteiger partial charge on any atom is 0.223 e. The van der Waals surface area contributed by atoms with Crippen molar-refractivity contribution in [3.05, 3.63) is 64.4 Å². The summed E-state index contributed by atoms with van der Waals surface area (Å²) in [6, 6.07) is 13.8. The fourth-order valence-corrected chi connectivity index (χ4v) is 2.81. The Balaban J connectivity index is 1.81. The van der Waals surface area contributed by atoms with E-state index >= 15 is 0 Å². The summed E-state index contributed by atoms with van der Waals surface area (Å²) in [6.07, 6.45) is 0.260. The van der Waals surface area contributed by atoms with Crippen LogP contribution in [-0.4, -0.2) is 38.1 Å². The Morgan fingerprint density at radius 3 is 2.68 bits per heavy atom. The van der Waals surface area contributed by atoms with E-state index in [1.807, 2.05) is 49.3 Å². The third-order valence-electron chi connectivity index (χ3n) is 3.74. The molecule has 0 saturated carbocycles. The van der Waals surface area contributed by atoms with Gasteiger partial charge in [-0.3, -0.25) is 4.79 Å². The summed E-state index contributed by atoms with van der Waals surface area (Å²) >= 11 is 3.37. The largest absolute Gasteiger partial charge is 0.493 e. The number of carbonyl (C=O) groups excluding carboxylic acids is 1. The van der Waals surface area contributed by atoms with Gasteiger partial charge in [-0.05, 0) is 50.0 Å². The lowest BCUT2D eigenvalue weighted by Gasteiger charge is -2.25. The van der Waals surface area contributed by atoms with E-state index in [9.17, 15) is 9.18 Å². The molecule has 1 amide bonds. The lowest BCUT2D eigenvalue weighted by Crippen LogP contribution is -2.35. The van der Waals surface area contributed by atoms with Gasteiger partial charge < -0.3 is 15.0 Å². The number of amides is 1. The summed E-state index contributed by atoms with van der Waals surface area (Å²) < 4.78 is 19.9. The summed E-state index contributed by atoms with van der Waals surface area (Å²) in [4.78, 5) is 14.0. The van der Waals surface area contributed by atoms with Gasteiger partial charge in [0, 0.05) is 11.0 Å². The van der Waals surface area contributed by atoms with Crippen molar-refractivity contribution in [3.8, 4) is 5.75 Å². The Labute approximate surface area is 156 Å². The van der Waals surface area contributed by atoms with Crippen LogP contribution in [0.15, 0.2) is 53.0 Å². The third kappa shape index (κ3) is 6.48. The zero-order valence-corrected chi connectivity index (χ0v) is 15.9. The molecule has 2 aromatic carbocycles. The average molecular weight is 409 g/mol. The first-order valence-corrected chi connectivity index (χ1v) is 8.82. The fraction of sp³-hybridized carbons (Fsp3) is 0.316. The molecule has 0 saturated heterocycles. The Morgan fingerprint density at radius 1 is 1.24 bits per heavy atom. The smallest absolute Gasteiger partial charge is 0.223 e. The third-order valence-corrected chi connectivity index (χ3v) is 4.24. The maximum atomic E-state index is 13.4. The van der Waals surface area contributed by atoms with Crippen LogP contribution < -0.4 is 10.1 Å². The molecule has 1 N–H and O–H groups in total. The monoisotopic (exact) mass is 408 g/mol. The molecule has 0 heterocycles. The Kier molecular flexibility index (Phi) is 7.40. The number of halogens is 2. The molecule has 2 rings (SSSR count). The van der Waals surface area contributed by atoms with E-state index in [0.29, 0.717) is 18.9 Å². The van der Waals surface area contributed by atoms with Crippen LogP contribution in [0.2, 0.25) is 0 Å². The number of benzene rings is 2. The van der Waals surface area contributed by atoms with Crippen LogP contribution in [0.5, 0.6) is 5.75 Å². The molecule has 0 aliphatic rings. The van der Waals surface area contributed by atoms with Gasteiger partial charge in [-0.2, -0.15) is 0 Å². The number of rotatable bonds is 8. The average Bonchev–Trinajstić information content (AvgIpc) is 2.55. The lowest BCUT2D eigenvalue weighted by molar-refractivity contribution is -0.121. The van der Waals surface area contributed by atoms with Crippen molar-refractivity contribution in [2.24, 2.45) is 0 Å². The van der Waals surface area contributed by atoms with Crippen molar-refractivity contribution in [2.75, 3.05) is 27.2 Å². The molecule has 134 valence electrons. The second-order valence-electron chi connectivity index (χ2n) is 5.89. The van der Waals surface area contributed by atoms with Gasteiger partial charge >= 0.3 is 0 Å². The topological polar surface area (TPSA) is 41.6 Å². The first kappa shape index (κ1) is 19.4. The predicted octanol–water partition coefficient (Wildman–Crippen LogP) is 3.78. The molecule has 2 aromatic rings. The SMILES string of the molecule is CN(C)C(CNC(=O)CCOc1cccc(Br)c1)c1cccc(F)c1.